The summed E-state index contributed by atoms with van der Waals surface area (Å²) in [6, 6.07) is 63.5. The number of nitrogens with one attached hydrogen (secondary N) is 1. The third-order valence-corrected chi connectivity index (χ3v) is 9.63. The molecule has 5 heteroatoms. The van der Waals surface area contributed by atoms with E-state index in [1.807, 2.05) is 60.7 Å². The van der Waals surface area contributed by atoms with Gasteiger partial charge in [-0.3, -0.25) is 0 Å². The van der Waals surface area contributed by atoms with Crippen LogP contribution >= 0.6 is 0 Å². The first kappa shape index (κ1) is 31.2. The first-order chi connectivity index (χ1) is 25.7. The zero-order valence-corrected chi connectivity index (χ0v) is 28.7. The Morgan fingerprint density at radius 1 is 0.404 bits per heavy atom. The van der Waals surface area contributed by atoms with Gasteiger partial charge < -0.3 is 10.2 Å². The van der Waals surface area contributed by atoms with Crippen LogP contribution < -0.4 is 10.2 Å². The molecule has 1 aliphatic rings. The van der Waals surface area contributed by atoms with Crippen LogP contribution in [0.1, 0.15) is 6.92 Å². The molecule has 248 valence electrons. The molecule has 7 aromatic carbocycles. The maximum Gasteiger partial charge on any atom is 0.164 e. The molecule has 0 fully saturated rings. The molecule has 1 aromatic heterocycles. The van der Waals surface area contributed by atoms with Gasteiger partial charge in [-0.15, -0.1) is 0 Å². The lowest BCUT2D eigenvalue weighted by molar-refractivity contribution is 0.843. The van der Waals surface area contributed by atoms with Crippen LogP contribution in [0.2, 0.25) is 0 Å². The van der Waals surface area contributed by atoms with Crippen LogP contribution in [0.5, 0.6) is 0 Å². The number of nitrogens with zero attached hydrogens (tertiary/aromatic N) is 4. The predicted molar refractivity (Wildman–Crippen MR) is 214 cm³/mol. The van der Waals surface area contributed by atoms with E-state index in [-0.39, 0.29) is 6.17 Å². The quantitative estimate of drug-likeness (QED) is 0.183. The highest BCUT2D eigenvalue weighted by Crippen LogP contribution is 2.41. The summed E-state index contributed by atoms with van der Waals surface area (Å²) in [5, 5.41) is 3.59. The van der Waals surface area contributed by atoms with E-state index in [4.69, 9.17) is 15.0 Å². The van der Waals surface area contributed by atoms with E-state index in [0.29, 0.717) is 17.5 Å². The van der Waals surface area contributed by atoms with Crippen molar-refractivity contribution in [1.82, 2.24) is 15.0 Å². The first-order valence-corrected chi connectivity index (χ1v) is 17.6. The van der Waals surface area contributed by atoms with Gasteiger partial charge >= 0.3 is 0 Å². The van der Waals surface area contributed by atoms with Crippen LogP contribution in [0.25, 0.3) is 67.5 Å². The van der Waals surface area contributed by atoms with Gasteiger partial charge in [0.25, 0.3) is 0 Å². The topological polar surface area (TPSA) is 53.9 Å². The fourth-order valence-corrected chi connectivity index (χ4v) is 7.10. The van der Waals surface area contributed by atoms with E-state index < -0.39 is 0 Å². The number of aromatic nitrogens is 3. The van der Waals surface area contributed by atoms with Crippen LogP contribution in [-0.2, 0) is 0 Å². The summed E-state index contributed by atoms with van der Waals surface area (Å²) >= 11 is 0. The molecule has 52 heavy (non-hydrogen) atoms. The number of rotatable bonds is 7. The molecule has 0 radical (unpaired) electrons. The molecule has 1 N–H and O–H groups in total. The highest BCUT2D eigenvalue weighted by Gasteiger charge is 2.26. The lowest BCUT2D eigenvalue weighted by atomic mass is 9.92. The molecule has 1 aliphatic heterocycles. The van der Waals surface area contributed by atoms with Crippen molar-refractivity contribution in [3.8, 4) is 67.5 Å². The van der Waals surface area contributed by atoms with E-state index >= 15 is 0 Å². The van der Waals surface area contributed by atoms with Gasteiger partial charge in [0.1, 0.15) is 6.17 Å². The van der Waals surface area contributed by atoms with Gasteiger partial charge in [0.15, 0.2) is 17.5 Å². The molecule has 1 unspecified atom stereocenters. The standard InChI is InChI=1S/C47H35N5/c1-32-48-43-24-10-11-25-44(43)52(32)40-28-26-33(27-29-40)41-22-8-9-23-42(41)38-20-12-18-36(30-38)37-19-13-21-39(31-37)47-50-45(34-14-4-2-5-15-34)49-46(51-47)35-16-6-3-7-17-35/h2-32,48H,1H3. The predicted octanol–water partition coefficient (Wildman–Crippen LogP) is 11.8. The van der Waals surface area contributed by atoms with Crippen molar-refractivity contribution < 1.29 is 0 Å². The van der Waals surface area contributed by atoms with E-state index in [1.54, 1.807) is 0 Å². The molecule has 0 amide bonds. The minimum atomic E-state index is 0.179. The Labute approximate surface area is 304 Å². The van der Waals surface area contributed by atoms with E-state index in [1.165, 1.54) is 22.4 Å². The van der Waals surface area contributed by atoms with Gasteiger partial charge in [0, 0.05) is 22.4 Å². The molecule has 8 aromatic rings. The van der Waals surface area contributed by atoms with E-state index in [2.05, 4.69) is 138 Å². The lowest BCUT2D eigenvalue weighted by Crippen LogP contribution is -2.28. The summed E-state index contributed by atoms with van der Waals surface area (Å²) in [5.74, 6) is 1.94. The molecular formula is C47H35N5. The second-order valence-electron chi connectivity index (χ2n) is 13.0. The maximum atomic E-state index is 4.96. The van der Waals surface area contributed by atoms with Crippen LogP contribution in [-0.4, -0.2) is 21.1 Å². The number of benzene rings is 7. The Morgan fingerprint density at radius 3 is 1.50 bits per heavy atom. The second-order valence-corrected chi connectivity index (χ2v) is 13.0. The Morgan fingerprint density at radius 2 is 0.865 bits per heavy atom. The molecule has 5 nitrogen and oxygen atoms in total. The molecule has 0 bridgehead atoms. The van der Waals surface area contributed by atoms with Gasteiger partial charge in [-0.25, -0.2) is 15.0 Å². The molecule has 0 spiro atoms. The number of para-hydroxylation sites is 2. The van der Waals surface area contributed by atoms with Crippen molar-refractivity contribution in [2.75, 3.05) is 10.2 Å². The van der Waals surface area contributed by atoms with E-state index in [9.17, 15) is 0 Å². The van der Waals surface area contributed by atoms with Crippen molar-refractivity contribution in [3.05, 3.63) is 182 Å². The summed E-state index contributed by atoms with van der Waals surface area (Å²) in [6.07, 6.45) is 0.179. The van der Waals surface area contributed by atoms with Crippen LogP contribution in [0, 0.1) is 0 Å². The smallest absolute Gasteiger partial charge is 0.164 e. The van der Waals surface area contributed by atoms with Gasteiger partial charge in [0.05, 0.1) is 11.4 Å². The summed E-state index contributed by atoms with van der Waals surface area (Å²) in [7, 11) is 0. The number of anilines is 3. The first-order valence-electron chi connectivity index (χ1n) is 17.6. The molecule has 0 aliphatic carbocycles. The van der Waals surface area contributed by atoms with Crippen LogP contribution in [0.15, 0.2) is 182 Å². The summed E-state index contributed by atoms with van der Waals surface area (Å²) in [4.78, 5) is 17.1. The maximum absolute atomic E-state index is 4.96. The highest BCUT2D eigenvalue weighted by atomic mass is 15.3. The zero-order valence-electron chi connectivity index (χ0n) is 28.7. The van der Waals surface area contributed by atoms with Crippen molar-refractivity contribution in [2.24, 2.45) is 0 Å². The summed E-state index contributed by atoms with van der Waals surface area (Å²) in [5.41, 5.74) is 13.3. The fraction of sp³-hybridized carbons (Fsp3) is 0.0426. The minimum absolute atomic E-state index is 0.179. The zero-order chi connectivity index (χ0) is 34.9. The molecule has 0 saturated carbocycles. The molecule has 1 atom stereocenters. The molecule has 0 saturated heterocycles. The average Bonchev–Trinajstić information content (AvgIpc) is 3.57. The average molecular weight is 670 g/mol. The monoisotopic (exact) mass is 669 g/mol. The molecular weight excluding hydrogens is 635 g/mol. The van der Waals surface area contributed by atoms with Crippen molar-refractivity contribution in [3.63, 3.8) is 0 Å². The Bertz CT molecular complexity index is 2450. The van der Waals surface area contributed by atoms with Crippen molar-refractivity contribution in [1.29, 1.82) is 0 Å². The second kappa shape index (κ2) is 13.5. The molecule has 2 heterocycles. The van der Waals surface area contributed by atoms with Gasteiger partial charge in [-0.2, -0.15) is 0 Å². The SMILES string of the molecule is CC1Nc2ccccc2N1c1ccc(-c2ccccc2-c2cccc(-c3cccc(-c4nc(-c5ccccc5)nc(-c5ccccc5)n4)c3)c2)cc1. The molecule has 9 rings (SSSR count). The highest BCUT2D eigenvalue weighted by molar-refractivity contribution is 5.87. The number of fused-ring (bicyclic) bond motifs is 1. The third-order valence-electron chi connectivity index (χ3n) is 9.63. The van der Waals surface area contributed by atoms with Crippen LogP contribution in [0.3, 0.4) is 0 Å². The fourth-order valence-electron chi connectivity index (χ4n) is 7.10. The normalized spacial score (nSPS) is 13.4. The van der Waals surface area contributed by atoms with Gasteiger partial charge in [-0.05, 0) is 76.7 Å². The number of hydrogen-bond donors (Lipinski definition) is 1. The summed E-state index contributed by atoms with van der Waals surface area (Å²) < 4.78 is 0. The Kier molecular flexibility index (Phi) is 8.06. The Balaban J connectivity index is 1.05. The van der Waals surface area contributed by atoms with Crippen LogP contribution in [0.4, 0.5) is 17.1 Å². The minimum Gasteiger partial charge on any atom is -0.363 e. The summed E-state index contributed by atoms with van der Waals surface area (Å²) in [6.45, 7) is 2.19. The Hall–Kier alpha value is -6.85. The lowest BCUT2D eigenvalue weighted by Gasteiger charge is -2.24. The largest absolute Gasteiger partial charge is 0.363 e. The third kappa shape index (κ3) is 5.99. The number of hydrogen-bond acceptors (Lipinski definition) is 5. The van der Waals surface area contributed by atoms with Gasteiger partial charge in [0.2, 0.25) is 0 Å². The van der Waals surface area contributed by atoms with Crippen molar-refractivity contribution >= 4 is 17.1 Å². The van der Waals surface area contributed by atoms with E-state index in [0.717, 1.165) is 44.8 Å². The van der Waals surface area contributed by atoms with Gasteiger partial charge in [-0.1, -0.05) is 146 Å². The van der Waals surface area contributed by atoms with Crippen molar-refractivity contribution in [2.45, 2.75) is 13.1 Å².